The van der Waals surface area contributed by atoms with Crippen LogP contribution in [0.1, 0.15) is 24.3 Å². The van der Waals surface area contributed by atoms with Gasteiger partial charge in [-0.2, -0.15) is 4.31 Å². The first kappa shape index (κ1) is 14.0. The van der Waals surface area contributed by atoms with Crippen LogP contribution in [-0.2, 0) is 14.8 Å². The number of hydrogen-bond acceptors (Lipinski definition) is 4. The monoisotopic (exact) mass is 297 g/mol. The number of sulfonamides is 1. The van der Waals surface area contributed by atoms with E-state index in [1.807, 2.05) is 6.07 Å². The van der Waals surface area contributed by atoms with E-state index in [9.17, 15) is 13.5 Å². The quantitative estimate of drug-likeness (QED) is 0.902. The lowest BCUT2D eigenvalue weighted by Gasteiger charge is -2.32. The summed E-state index contributed by atoms with van der Waals surface area (Å²) in [7, 11) is -3.42. The topological polar surface area (TPSA) is 66.8 Å². The number of morpholine rings is 1. The van der Waals surface area contributed by atoms with E-state index in [4.69, 9.17) is 4.74 Å². The summed E-state index contributed by atoms with van der Waals surface area (Å²) in [4.78, 5) is 0.346. The van der Waals surface area contributed by atoms with Gasteiger partial charge in [0.15, 0.2) is 0 Å². The van der Waals surface area contributed by atoms with Gasteiger partial charge in [-0.1, -0.05) is 12.1 Å². The van der Waals surface area contributed by atoms with Gasteiger partial charge in [-0.05, 0) is 36.5 Å². The van der Waals surface area contributed by atoms with Gasteiger partial charge in [-0.3, -0.25) is 0 Å². The normalized spacial score (nSPS) is 28.1. The lowest BCUT2D eigenvalue weighted by Crippen LogP contribution is -2.40. The van der Waals surface area contributed by atoms with Crippen molar-refractivity contribution in [1.29, 1.82) is 0 Å². The van der Waals surface area contributed by atoms with E-state index in [0.29, 0.717) is 31.2 Å². The van der Waals surface area contributed by atoms with Crippen molar-refractivity contribution in [2.75, 3.05) is 26.3 Å². The SMILES string of the molecule is O=S(=O)(c1cccc(C2CC(O)C2)c1)N1CCOCC1. The zero-order valence-electron chi connectivity index (χ0n) is 11.2. The van der Waals surface area contributed by atoms with Crippen LogP contribution in [0.2, 0.25) is 0 Å². The van der Waals surface area contributed by atoms with Crippen LogP contribution < -0.4 is 0 Å². The summed E-state index contributed by atoms with van der Waals surface area (Å²) >= 11 is 0. The standard InChI is InChI=1S/C14H19NO4S/c16-13-8-12(9-13)11-2-1-3-14(10-11)20(17,18)15-4-6-19-7-5-15/h1-3,10,12-13,16H,4-9H2. The Morgan fingerprint density at radius 2 is 1.90 bits per heavy atom. The van der Waals surface area contributed by atoms with Gasteiger partial charge in [0.2, 0.25) is 10.0 Å². The molecular weight excluding hydrogens is 278 g/mol. The summed E-state index contributed by atoms with van der Waals surface area (Å²) in [6, 6.07) is 7.12. The number of nitrogens with zero attached hydrogens (tertiary/aromatic N) is 1. The summed E-state index contributed by atoms with van der Waals surface area (Å²) in [6.07, 6.45) is 1.21. The van der Waals surface area contributed by atoms with Gasteiger partial charge >= 0.3 is 0 Å². The van der Waals surface area contributed by atoms with E-state index in [0.717, 1.165) is 18.4 Å². The molecule has 0 aromatic heterocycles. The first-order chi connectivity index (χ1) is 9.57. The molecule has 0 spiro atoms. The van der Waals surface area contributed by atoms with Gasteiger partial charge in [0.05, 0.1) is 24.2 Å². The minimum Gasteiger partial charge on any atom is -0.393 e. The summed E-state index contributed by atoms with van der Waals surface area (Å²) in [5, 5.41) is 9.37. The molecule has 1 saturated heterocycles. The molecule has 1 aliphatic heterocycles. The van der Waals surface area contributed by atoms with Crippen LogP contribution in [0.25, 0.3) is 0 Å². The van der Waals surface area contributed by atoms with Crippen molar-refractivity contribution in [2.24, 2.45) is 0 Å². The number of hydrogen-bond donors (Lipinski definition) is 1. The second-order valence-corrected chi connectivity index (χ2v) is 7.35. The Labute approximate surface area is 119 Å². The van der Waals surface area contributed by atoms with Crippen molar-refractivity contribution in [3.05, 3.63) is 29.8 Å². The lowest BCUT2D eigenvalue weighted by atomic mass is 9.78. The van der Waals surface area contributed by atoms with Crippen LogP contribution in [0.5, 0.6) is 0 Å². The van der Waals surface area contributed by atoms with Crippen molar-refractivity contribution in [1.82, 2.24) is 4.31 Å². The average Bonchev–Trinajstić information content (AvgIpc) is 2.45. The third kappa shape index (κ3) is 2.61. The zero-order valence-corrected chi connectivity index (χ0v) is 12.1. The molecule has 1 aromatic carbocycles. The average molecular weight is 297 g/mol. The predicted molar refractivity (Wildman–Crippen MR) is 74.0 cm³/mol. The van der Waals surface area contributed by atoms with Gasteiger partial charge in [0.1, 0.15) is 0 Å². The molecular formula is C14H19NO4S. The third-order valence-electron chi connectivity index (χ3n) is 4.05. The van der Waals surface area contributed by atoms with Crippen molar-refractivity contribution >= 4 is 10.0 Å². The van der Waals surface area contributed by atoms with Crippen molar-refractivity contribution in [3.63, 3.8) is 0 Å². The number of aliphatic hydroxyl groups excluding tert-OH is 1. The largest absolute Gasteiger partial charge is 0.393 e. The molecule has 20 heavy (non-hydrogen) atoms. The van der Waals surface area contributed by atoms with Crippen molar-refractivity contribution < 1.29 is 18.3 Å². The van der Waals surface area contributed by atoms with Gasteiger partial charge in [-0.25, -0.2) is 8.42 Å². The molecule has 3 rings (SSSR count). The highest BCUT2D eigenvalue weighted by molar-refractivity contribution is 7.89. The third-order valence-corrected chi connectivity index (χ3v) is 5.95. The number of aliphatic hydroxyl groups is 1. The second kappa shape index (κ2) is 5.44. The maximum Gasteiger partial charge on any atom is 0.243 e. The number of rotatable bonds is 3. The molecule has 2 fully saturated rings. The molecule has 2 aliphatic rings. The lowest BCUT2D eigenvalue weighted by molar-refractivity contribution is 0.0728. The first-order valence-corrected chi connectivity index (χ1v) is 8.37. The maximum absolute atomic E-state index is 12.6. The van der Waals surface area contributed by atoms with Crippen LogP contribution >= 0.6 is 0 Å². The molecule has 5 nitrogen and oxygen atoms in total. The minimum atomic E-state index is -3.42. The van der Waals surface area contributed by atoms with Gasteiger partial charge in [0.25, 0.3) is 0 Å². The second-order valence-electron chi connectivity index (χ2n) is 5.41. The number of benzene rings is 1. The molecule has 110 valence electrons. The Balaban J connectivity index is 1.83. The molecule has 1 aliphatic carbocycles. The van der Waals surface area contributed by atoms with Crippen LogP contribution in [0, 0.1) is 0 Å². The van der Waals surface area contributed by atoms with E-state index >= 15 is 0 Å². The summed E-state index contributed by atoms with van der Waals surface area (Å²) < 4.78 is 31.8. The molecule has 1 aromatic rings. The van der Waals surface area contributed by atoms with E-state index in [-0.39, 0.29) is 12.0 Å². The molecule has 1 N–H and O–H groups in total. The van der Waals surface area contributed by atoms with Crippen LogP contribution in [-0.4, -0.2) is 50.2 Å². The molecule has 0 atom stereocenters. The smallest absolute Gasteiger partial charge is 0.243 e. The van der Waals surface area contributed by atoms with Crippen LogP contribution in [0.15, 0.2) is 29.2 Å². The van der Waals surface area contributed by atoms with Gasteiger partial charge in [0, 0.05) is 13.1 Å². The Kier molecular flexibility index (Phi) is 3.81. The Morgan fingerprint density at radius 1 is 1.20 bits per heavy atom. The van der Waals surface area contributed by atoms with Gasteiger partial charge < -0.3 is 9.84 Å². The maximum atomic E-state index is 12.6. The molecule has 0 radical (unpaired) electrons. The van der Waals surface area contributed by atoms with Gasteiger partial charge in [-0.15, -0.1) is 0 Å². The highest BCUT2D eigenvalue weighted by Gasteiger charge is 2.31. The van der Waals surface area contributed by atoms with Crippen LogP contribution in [0.4, 0.5) is 0 Å². The highest BCUT2D eigenvalue weighted by atomic mass is 32.2. The predicted octanol–water partition coefficient (Wildman–Crippen LogP) is 0.946. The summed E-state index contributed by atoms with van der Waals surface area (Å²) in [6.45, 7) is 1.73. The summed E-state index contributed by atoms with van der Waals surface area (Å²) in [5.41, 5.74) is 1.00. The minimum absolute atomic E-state index is 0.237. The summed E-state index contributed by atoms with van der Waals surface area (Å²) in [5.74, 6) is 0.282. The fraction of sp³-hybridized carbons (Fsp3) is 0.571. The molecule has 0 amide bonds. The highest BCUT2D eigenvalue weighted by Crippen LogP contribution is 2.37. The molecule has 0 bridgehead atoms. The van der Waals surface area contributed by atoms with Crippen LogP contribution in [0.3, 0.4) is 0 Å². The van der Waals surface area contributed by atoms with Crippen molar-refractivity contribution in [3.8, 4) is 0 Å². The van der Waals surface area contributed by atoms with E-state index in [1.54, 1.807) is 18.2 Å². The van der Waals surface area contributed by atoms with E-state index < -0.39 is 10.0 Å². The first-order valence-electron chi connectivity index (χ1n) is 6.93. The van der Waals surface area contributed by atoms with E-state index in [2.05, 4.69) is 0 Å². The fourth-order valence-electron chi connectivity index (χ4n) is 2.72. The van der Waals surface area contributed by atoms with E-state index in [1.165, 1.54) is 4.31 Å². The molecule has 1 heterocycles. The molecule has 6 heteroatoms. The Bertz CT molecular complexity index is 575. The molecule has 1 saturated carbocycles. The Hall–Kier alpha value is -0.950. The fourth-order valence-corrected chi connectivity index (χ4v) is 4.19. The number of ether oxygens (including phenoxy) is 1. The Morgan fingerprint density at radius 3 is 2.55 bits per heavy atom. The molecule has 0 unspecified atom stereocenters. The van der Waals surface area contributed by atoms with Crippen molar-refractivity contribution in [2.45, 2.75) is 29.8 Å². The zero-order chi connectivity index (χ0) is 14.2.